The van der Waals surface area contributed by atoms with E-state index in [0.717, 1.165) is 18.5 Å². The van der Waals surface area contributed by atoms with Gasteiger partial charge in [-0.25, -0.2) is 0 Å². The summed E-state index contributed by atoms with van der Waals surface area (Å²) in [7, 11) is 2.01. The predicted octanol–water partition coefficient (Wildman–Crippen LogP) is 3.88. The van der Waals surface area contributed by atoms with Gasteiger partial charge in [-0.05, 0) is 50.0 Å². The van der Waals surface area contributed by atoms with Crippen LogP contribution in [0.15, 0.2) is 35.0 Å². The van der Waals surface area contributed by atoms with Crippen molar-refractivity contribution >= 4 is 12.0 Å². The number of amides is 1. The maximum Gasteiger partial charge on any atom is 0.247 e. The number of hydrogen-bond donors (Lipinski definition) is 0. The van der Waals surface area contributed by atoms with Gasteiger partial charge in [0.15, 0.2) is 0 Å². The maximum atomic E-state index is 12.8. The summed E-state index contributed by atoms with van der Waals surface area (Å²) in [5.74, 6) is 1.41. The number of furan rings is 1. The van der Waals surface area contributed by atoms with Gasteiger partial charge in [0.25, 0.3) is 0 Å². The first kappa shape index (κ1) is 16.2. The van der Waals surface area contributed by atoms with Crippen LogP contribution in [0.1, 0.15) is 61.6 Å². The van der Waals surface area contributed by atoms with E-state index in [1.807, 2.05) is 28.8 Å². The highest BCUT2D eigenvalue weighted by atomic mass is 16.3. The van der Waals surface area contributed by atoms with Gasteiger partial charge in [-0.2, -0.15) is 5.10 Å². The van der Waals surface area contributed by atoms with Gasteiger partial charge < -0.3 is 9.32 Å². The second-order valence-corrected chi connectivity index (χ2v) is 7.21. The third-order valence-corrected chi connectivity index (χ3v) is 5.28. The van der Waals surface area contributed by atoms with Crippen LogP contribution in [-0.4, -0.2) is 26.6 Å². The van der Waals surface area contributed by atoms with Gasteiger partial charge in [0.05, 0.1) is 18.5 Å². The lowest BCUT2D eigenvalue weighted by atomic mass is 10.2. The van der Waals surface area contributed by atoms with Gasteiger partial charge in [0, 0.05) is 30.8 Å². The molecule has 2 saturated carbocycles. The summed E-state index contributed by atoms with van der Waals surface area (Å²) in [6, 6.07) is 6.18. The van der Waals surface area contributed by atoms with Crippen LogP contribution < -0.4 is 0 Å². The molecule has 0 bridgehead atoms. The van der Waals surface area contributed by atoms with Gasteiger partial charge in [0.2, 0.25) is 5.91 Å². The number of nitrogens with zero attached hydrogens (tertiary/aromatic N) is 3. The average Bonchev–Trinajstić information content (AvgIpc) is 3.03. The molecule has 132 valence electrons. The highest BCUT2D eigenvalue weighted by Gasteiger charge is 2.29. The second kappa shape index (κ2) is 6.90. The zero-order valence-electron chi connectivity index (χ0n) is 14.7. The zero-order valence-corrected chi connectivity index (χ0v) is 14.7. The number of rotatable bonds is 6. The zero-order chi connectivity index (χ0) is 17.2. The van der Waals surface area contributed by atoms with Crippen molar-refractivity contribution < 1.29 is 9.21 Å². The molecule has 2 heterocycles. The molecule has 0 saturated heterocycles. The number of hydrogen-bond acceptors (Lipinski definition) is 3. The van der Waals surface area contributed by atoms with Crippen LogP contribution in [0.25, 0.3) is 6.08 Å². The Morgan fingerprint density at radius 3 is 2.84 bits per heavy atom. The monoisotopic (exact) mass is 339 g/mol. The third-order valence-electron chi connectivity index (χ3n) is 5.28. The quantitative estimate of drug-likeness (QED) is 0.751. The molecule has 0 atom stereocenters. The summed E-state index contributed by atoms with van der Waals surface area (Å²) in [6.07, 6.45) is 12.1. The molecular weight excluding hydrogens is 314 g/mol. The van der Waals surface area contributed by atoms with Crippen molar-refractivity contribution in [2.45, 2.75) is 57.0 Å². The molecule has 0 aliphatic heterocycles. The fraction of sp³-hybridized carbons (Fsp3) is 0.500. The minimum absolute atomic E-state index is 0.0434. The van der Waals surface area contributed by atoms with Crippen LogP contribution in [0.4, 0.5) is 0 Å². The summed E-state index contributed by atoms with van der Waals surface area (Å²) in [5.41, 5.74) is 2.30. The van der Waals surface area contributed by atoms with Gasteiger partial charge in [-0.1, -0.05) is 12.8 Å². The number of aryl methyl sites for hydroxylation is 1. The van der Waals surface area contributed by atoms with Crippen LogP contribution in [-0.2, 0) is 18.4 Å². The molecule has 2 aliphatic carbocycles. The van der Waals surface area contributed by atoms with E-state index < -0.39 is 0 Å². The first-order valence-electron chi connectivity index (χ1n) is 9.26. The Hall–Kier alpha value is -2.30. The molecule has 0 N–H and O–H groups in total. The van der Waals surface area contributed by atoms with Crippen molar-refractivity contribution in [3.05, 3.63) is 47.7 Å². The number of carbonyl (C=O) groups excluding carboxylic acids is 1. The highest BCUT2D eigenvalue weighted by molar-refractivity contribution is 5.91. The van der Waals surface area contributed by atoms with Crippen molar-refractivity contribution in [2.75, 3.05) is 0 Å². The Morgan fingerprint density at radius 1 is 1.36 bits per heavy atom. The standard InChI is InChI=1S/C20H25N3O2/c1-22-19(15-8-9-15)13-16(21-22)14-23(17-5-2-3-6-17)20(24)11-10-18-7-4-12-25-18/h4,7,10-13,15,17H,2-3,5-6,8-9,14H2,1H3/b11-10+. The summed E-state index contributed by atoms with van der Waals surface area (Å²) in [5, 5.41) is 4.66. The normalized spacial score (nSPS) is 18.3. The molecule has 4 rings (SSSR count). The van der Waals surface area contributed by atoms with Crippen LogP contribution >= 0.6 is 0 Å². The molecule has 2 aliphatic rings. The number of aromatic nitrogens is 2. The van der Waals surface area contributed by atoms with Crippen molar-refractivity contribution in [3.8, 4) is 0 Å². The Kier molecular flexibility index (Phi) is 4.47. The fourth-order valence-corrected chi connectivity index (χ4v) is 3.79. The smallest absolute Gasteiger partial charge is 0.247 e. The van der Waals surface area contributed by atoms with Crippen molar-refractivity contribution in [1.29, 1.82) is 0 Å². The molecule has 1 amide bonds. The molecule has 2 fully saturated rings. The molecule has 2 aromatic rings. The predicted molar refractivity (Wildman–Crippen MR) is 95.7 cm³/mol. The lowest BCUT2D eigenvalue weighted by Gasteiger charge is -2.27. The Labute approximate surface area is 148 Å². The van der Waals surface area contributed by atoms with E-state index in [9.17, 15) is 4.79 Å². The van der Waals surface area contributed by atoms with Gasteiger partial charge in [-0.3, -0.25) is 9.48 Å². The maximum absolute atomic E-state index is 12.8. The Balaban J connectivity index is 1.51. The molecular formula is C20H25N3O2. The van der Waals surface area contributed by atoms with Gasteiger partial charge >= 0.3 is 0 Å². The van der Waals surface area contributed by atoms with E-state index in [-0.39, 0.29) is 5.91 Å². The highest BCUT2D eigenvalue weighted by Crippen LogP contribution is 2.40. The van der Waals surface area contributed by atoms with E-state index in [1.165, 1.54) is 31.4 Å². The summed E-state index contributed by atoms with van der Waals surface area (Å²) in [4.78, 5) is 14.8. The average molecular weight is 339 g/mol. The molecule has 0 radical (unpaired) electrons. The molecule has 0 unspecified atom stereocenters. The van der Waals surface area contributed by atoms with Crippen molar-refractivity contribution in [3.63, 3.8) is 0 Å². The third kappa shape index (κ3) is 3.70. The first-order chi connectivity index (χ1) is 12.2. The van der Waals surface area contributed by atoms with E-state index in [2.05, 4.69) is 11.2 Å². The molecule has 5 heteroatoms. The summed E-state index contributed by atoms with van der Waals surface area (Å²) >= 11 is 0. The second-order valence-electron chi connectivity index (χ2n) is 7.21. The molecule has 25 heavy (non-hydrogen) atoms. The van der Waals surface area contributed by atoms with Crippen molar-refractivity contribution in [1.82, 2.24) is 14.7 Å². The number of carbonyl (C=O) groups is 1. The lowest BCUT2D eigenvalue weighted by Crippen LogP contribution is -2.37. The fourth-order valence-electron chi connectivity index (χ4n) is 3.79. The summed E-state index contributed by atoms with van der Waals surface area (Å²) in [6.45, 7) is 0.590. The van der Waals surface area contributed by atoms with Crippen LogP contribution in [0.2, 0.25) is 0 Å². The van der Waals surface area contributed by atoms with E-state index in [0.29, 0.717) is 24.3 Å². The minimum Gasteiger partial charge on any atom is -0.465 e. The van der Waals surface area contributed by atoms with E-state index in [4.69, 9.17) is 4.42 Å². The lowest BCUT2D eigenvalue weighted by molar-refractivity contribution is -0.128. The van der Waals surface area contributed by atoms with Gasteiger partial charge in [0.1, 0.15) is 5.76 Å². The topological polar surface area (TPSA) is 51.3 Å². The molecule has 5 nitrogen and oxygen atoms in total. The summed E-state index contributed by atoms with van der Waals surface area (Å²) < 4.78 is 7.28. The Bertz CT molecular complexity index is 750. The molecule has 2 aromatic heterocycles. The first-order valence-corrected chi connectivity index (χ1v) is 9.26. The Morgan fingerprint density at radius 2 is 2.16 bits per heavy atom. The van der Waals surface area contributed by atoms with Crippen molar-refractivity contribution in [2.24, 2.45) is 7.05 Å². The van der Waals surface area contributed by atoms with Crippen LogP contribution in [0, 0.1) is 0 Å². The minimum atomic E-state index is 0.0434. The van der Waals surface area contributed by atoms with Crippen LogP contribution in [0.5, 0.6) is 0 Å². The van der Waals surface area contributed by atoms with Gasteiger partial charge in [-0.15, -0.1) is 0 Å². The van der Waals surface area contributed by atoms with E-state index in [1.54, 1.807) is 18.4 Å². The SMILES string of the molecule is Cn1nc(CN(C(=O)/C=C/c2ccco2)C2CCCC2)cc1C1CC1. The molecule has 0 aromatic carbocycles. The van der Waals surface area contributed by atoms with E-state index >= 15 is 0 Å². The molecule has 0 spiro atoms. The largest absolute Gasteiger partial charge is 0.465 e. The van der Waals surface area contributed by atoms with Crippen LogP contribution in [0.3, 0.4) is 0 Å².